The van der Waals surface area contributed by atoms with Crippen LogP contribution < -0.4 is 0 Å². The molecule has 32 heavy (non-hydrogen) atoms. The first-order chi connectivity index (χ1) is 15.4. The number of benzene rings is 2. The summed E-state index contributed by atoms with van der Waals surface area (Å²) in [5.41, 5.74) is 3.21. The van der Waals surface area contributed by atoms with Crippen molar-refractivity contribution in [2.24, 2.45) is 0 Å². The van der Waals surface area contributed by atoms with Gasteiger partial charge in [-0.3, -0.25) is 0 Å². The number of carboxylic acids is 2. The molecule has 0 aliphatic heterocycles. The molecule has 0 aliphatic rings. The molecule has 0 unspecified atom stereocenters. The van der Waals surface area contributed by atoms with Crippen molar-refractivity contribution in [2.45, 2.75) is 26.9 Å². The Kier molecular flexibility index (Phi) is 7.06. The van der Waals surface area contributed by atoms with E-state index in [4.69, 9.17) is 10.2 Å². The van der Waals surface area contributed by atoms with Gasteiger partial charge in [-0.05, 0) is 25.0 Å². The summed E-state index contributed by atoms with van der Waals surface area (Å²) in [4.78, 5) is 21.8. The maximum atomic E-state index is 11.0. The van der Waals surface area contributed by atoms with Gasteiger partial charge >= 0.3 is 11.9 Å². The van der Waals surface area contributed by atoms with Gasteiger partial charge in [0.25, 0.3) is 0 Å². The van der Waals surface area contributed by atoms with Crippen LogP contribution in [0, 0.1) is 13.8 Å². The predicted molar refractivity (Wildman–Crippen MR) is 115 cm³/mol. The molecular formula is C22H22N6O4. The molecule has 0 atom stereocenters. The smallest absolute Gasteiger partial charge is 0.358 e. The molecule has 4 rings (SSSR count). The fourth-order valence-electron chi connectivity index (χ4n) is 3.00. The summed E-state index contributed by atoms with van der Waals surface area (Å²) in [6.07, 6.45) is 0. The van der Waals surface area contributed by atoms with E-state index < -0.39 is 11.9 Å². The van der Waals surface area contributed by atoms with Gasteiger partial charge < -0.3 is 10.2 Å². The molecule has 0 radical (unpaired) electrons. The molecule has 0 spiro atoms. The van der Waals surface area contributed by atoms with E-state index in [2.05, 4.69) is 20.6 Å². The second-order valence-electron chi connectivity index (χ2n) is 6.94. The van der Waals surface area contributed by atoms with Crippen LogP contribution in [-0.2, 0) is 13.1 Å². The summed E-state index contributed by atoms with van der Waals surface area (Å²) in [5, 5.41) is 32.9. The van der Waals surface area contributed by atoms with Crippen LogP contribution in [0.3, 0.4) is 0 Å². The zero-order chi connectivity index (χ0) is 23.1. The zero-order valence-corrected chi connectivity index (χ0v) is 17.6. The molecule has 0 fully saturated rings. The number of hydrogen-bond acceptors (Lipinski definition) is 6. The average Bonchev–Trinajstić information content (AvgIpc) is 3.32. The average molecular weight is 434 g/mol. The Bertz CT molecular complexity index is 1200. The lowest BCUT2D eigenvalue weighted by atomic mass is 10.2. The highest BCUT2D eigenvalue weighted by molar-refractivity contribution is 5.86. The number of nitrogens with zero attached hydrogens (tertiary/aromatic N) is 6. The van der Waals surface area contributed by atoms with E-state index in [0.29, 0.717) is 24.5 Å². The third kappa shape index (κ3) is 5.42. The minimum Gasteiger partial charge on any atom is -0.476 e. The first-order valence-corrected chi connectivity index (χ1v) is 9.71. The second-order valence-corrected chi connectivity index (χ2v) is 6.94. The Morgan fingerprint density at radius 3 is 1.72 bits per heavy atom. The van der Waals surface area contributed by atoms with Gasteiger partial charge in [0.2, 0.25) is 0 Å². The van der Waals surface area contributed by atoms with Crippen LogP contribution in [0.15, 0.2) is 60.7 Å². The molecule has 10 heteroatoms. The monoisotopic (exact) mass is 434 g/mol. The number of hydrogen-bond donors (Lipinski definition) is 2. The number of aromatic nitrogens is 6. The molecule has 0 saturated heterocycles. The molecule has 0 amide bonds. The third-order valence-electron chi connectivity index (χ3n) is 4.64. The van der Waals surface area contributed by atoms with Gasteiger partial charge in [0, 0.05) is 0 Å². The van der Waals surface area contributed by atoms with Crippen LogP contribution in [0.4, 0.5) is 0 Å². The molecule has 0 aliphatic carbocycles. The summed E-state index contributed by atoms with van der Waals surface area (Å²) in [5.74, 6) is -2.05. The summed E-state index contributed by atoms with van der Waals surface area (Å²) >= 11 is 0. The maximum absolute atomic E-state index is 11.0. The molecule has 10 nitrogen and oxygen atoms in total. The summed E-state index contributed by atoms with van der Waals surface area (Å²) in [6.45, 7) is 4.29. The van der Waals surface area contributed by atoms with Gasteiger partial charge in [0.1, 0.15) is 0 Å². The van der Waals surface area contributed by atoms with Gasteiger partial charge in [-0.15, -0.1) is 10.2 Å². The summed E-state index contributed by atoms with van der Waals surface area (Å²) in [7, 11) is 0. The van der Waals surface area contributed by atoms with Crippen LogP contribution in [0.5, 0.6) is 0 Å². The zero-order valence-electron chi connectivity index (χ0n) is 17.6. The SMILES string of the molecule is Cc1c(C(=O)O)nnn1Cc1ccccc1.Cc1nnn(Cc2ccccc2)c1C(=O)O. The maximum Gasteiger partial charge on any atom is 0.358 e. The van der Waals surface area contributed by atoms with Gasteiger partial charge in [0.15, 0.2) is 11.4 Å². The van der Waals surface area contributed by atoms with E-state index in [1.54, 1.807) is 18.5 Å². The number of aromatic carboxylic acids is 2. The number of aryl methyl sites for hydroxylation is 1. The van der Waals surface area contributed by atoms with E-state index in [1.165, 1.54) is 4.68 Å². The topological polar surface area (TPSA) is 136 Å². The summed E-state index contributed by atoms with van der Waals surface area (Å²) < 4.78 is 2.98. The molecule has 164 valence electrons. The van der Waals surface area contributed by atoms with Crippen molar-refractivity contribution < 1.29 is 19.8 Å². The van der Waals surface area contributed by atoms with Crippen molar-refractivity contribution in [2.75, 3.05) is 0 Å². The van der Waals surface area contributed by atoms with Gasteiger partial charge in [-0.1, -0.05) is 71.1 Å². The number of carboxylic acid groups (broad SMARTS) is 2. The molecule has 0 bridgehead atoms. The lowest BCUT2D eigenvalue weighted by molar-refractivity contribution is 0.0675. The third-order valence-corrected chi connectivity index (χ3v) is 4.64. The van der Waals surface area contributed by atoms with Crippen molar-refractivity contribution >= 4 is 11.9 Å². The van der Waals surface area contributed by atoms with E-state index in [9.17, 15) is 9.59 Å². The van der Waals surface area contributed by atoms with Crippen molar-refractivity contribution in [3.05, 3.63) is 94.6 Å². The highest BCUT2D eigenvalue weighted by Crippen LogP contribution is 2.09. The standard InChI is InChI=1S/2C11H11N3O2/c1-8-10(11(15)16)12-13-14(8)7-9-5-3-2-4-6-9;1-8-10(11(15)16)14(13-12-8)7-9-5-3-2-4-6-9/h2*2-6H,7H2,1H3,(H,15,16). The van der Waals surface area contributed by atoms with Gasteiger partial charge in [0.05, 0.1) is 24.5 Å². The molecule has 2 aromatic carbocycles. The Balaban J connectivity index is 0.000000181. The predicted octanol–water partition coefficient (Wildman–Crippen LogP) is 2.67. The van der Waals surface area contributed by atoms with Crippen LogP contribution in [0.25, 0.3) is 0 Å². The number of rotatable bonds is 6. The highest BCUT2D eigenvalue weighted by Gasteiger charge is 2.16. The highest BCUT2D eigenvalue weighted by atomic mass is 16.4. The van der Waals surface area contributed by atoms with Gasteiger partial charge in [-0.25, -0.2) is 19.0 Å². The Labute approximate surface area is 183 Å². The Morgan fingerprint density at radius 1 is 0.750 bits per heavy atom. The molecule has 2 N–H and O–H groups in total. The minimum atomic E-state index is -1.04. The normalized spacial score (nSPS) is 10.3. The molecule has 2 aromatic heterocycles. The molecular weight excluding hydrogens is 412 g/mol. The fourth-order valence-corrected chi connectivity index (χ4v) is 3.00. The second kappa shape index (κ2) is 10.1. The minimum absolute atomic E-state index is 0.0101. The van der Waals surface area contributed by atoms with Crippen molar-refractivity contribution in [1.82, 2.24) is 30.0 Å². The number of carbonyl (C=O) groups is 2. The van der Waals surface area contributed by atoms with Crippen molar-refractivity contribution in [3.63, 3.8) is 0 Å². The Morgan fingerprint density at radius 2 is 1.25 bits per heavy atom. The van der Waals surface area contributed by atoms with Crippen molar-refractivity contribution in [1.29, 1.82) is 0 Å². The largest absolute Gasteiger partial charge is 0.476 e. The van der Waals surface area contributed by atoms with Crippen LogP contribution in [0.1, 0.15) is 43.5 Å². The van der Waals surface area contributed by atoms with Crippen LogP contribution >= 0.6 is 0 Å². The van der Waals surface area contributed by atoms with E-state index in [1.807, 2.05) is 60.7 Å². The van der Waals surface area contributed by atoms with E-state index in [-0.39, 0.29) is 11.4 Å². The first-order valence-electron chi connectivity index (χ1n) is 9.71. The lowest BCUT2D eigenvalue weighted by Crippen LogP contribution is -2.11. The van der Waals surface area contributed by atoms with Crippen molar-refractivity contribution in [3.8, 4) is 0 Å². The lowest BCUT2D eigenvalue weighted by Gasteiger charge is -2.03. The quantitative estimate of drug-likeness (QED) is 0.473. The fraction of sp³-hybridized carbons (Fsp3) is 0.182. The van der Waals surface area contributed by atoms with E-state index in [0.717, 1.165) is 11.1 Å². The molecule has 4 aromatic rings. The molecule has 2 heterocycles. The first kappa shape index (κ1) is 22.3. The summed E-state index contributed by atoms with van der Waals surface area (Å²) in [6, 6.07) is 19.3. The van der Waals surface area contributed by atoms with Crippen LogP contribution in [0.2, 0.25) is 0 Å². The van der Waals surface area contributed by atoms with E-state index >= 15 is 0 Å². The van der Waals surface area contributed by atoms with Gasteiger partial charge in [-0.2, -0.15) is 0 Å². The molecule has 0 saturated carbocycles. The van der Waals surface area contributed by atoms with Crippen LogP contribution in [-0.4, -0.2) is 52.1 Å². The Hall–Kier alpha value is -4.34.